The second-order valence-corrected chi connectivity index (χ2v) is 13.3. The largest absolute Gasteiger partial charge is 0.310 e. The zero-order valence-corrected chi connectivity index (χ0v) is 26.7. The first-order chi connectivity index (χ1) is 23.1. The fraction of sp³-hybridized carbons (Fsp3) is 0.0870. The molecule has 7 aromatic rings. The molecular weight excluding hydrogens is 567 g/mol. The third kappa shape index (κ3) is 3.96. The maximum absolute atomic E-state index is 2.42. The summed E-state index contributed by atoms with van der Waals surface area (Å²) in [5, 5.41) is 0. The van der Waals surface area contributed by atoms with Crippen LogP contribution in [0, 0.1) is 0 Å². The Morgan fingerprint density at radius 3 is 1.43 bits per heavy atom. The molecule has 1 spiro atoms. The molecule has 0 N–H and O–H groups in total. The second-order valence-electron chi connectivity index (χ2n) is 13.3. The van der Waals surface area contributed by atoms with Crippen molar-refractivity contribution in [1.29, 1.82) is 0 Å². The number of nitrogens with zero attached hydrogens (tertiary/aromatic N) is 1. The summed E-state index contributed by atoms with van der Waals surface area (Å²) in [6.07, 6.45) is 0. The van der Waals surface area contributed by atoms with E-state index in [0.29, 0.717) is 0 Å². The van der Waals surface area contributed by atoms with Crippen LogP contribution in [-0.4, -0.2) is 0 Å². The van der Waals surface area contributed by atoms with Crippen LogP contribution in [-0.2, 0) is 10.8 Å². The first-order valence-electron chi connectivity index (χ1n) is 16.5. The number of rotatable bonds is 4. The van der Waals surface area contributed by atoms with E-state index in [9.17, 15) is 0 Å². The summed E-state index contributed by atoms with van der Waals surface area (Å²) in [6.45, 7) is 4.76. The van der Waals surface area contributed by atoms with Gasteiger partial charge in [-0.05, 0) is 92.0 Å². The fourth-order valence-corrected chi connectivity index (χ4v) is 8.45. The third-order valence-corrected chi connectivity index (χ3v) is 10.5. The smallest absolute Gasteiger partial charge is 0.0719 e. The average Bonchev–Trinajstić information content (AvgIpc) is 3.42. The monoisotopic (exact) mass is 601 g/mol. The van der Waals surface area contributed by atoms with Crippen LogP contribution < -0.4 is 4.90 Å². The van der Waals surface area contributed by atoms with Crippen molar-refractivity contribution < 1.29 is 0 Å². The minimum absolute atomic E-state index is 0.105. The van der Waals surface area contributed by atoms with Crippen molar-refractivity contribution in [1.82, 2.24) is 0 Å². The van der Waals surface area contributed by atoms with Crippen LogP contribution >= 0.6 is 0 Å². The van der Waals surface area contributed by atoms with Gasteiger partial charge in [-0.15, -0.1) is 0 Å². The molecule has 0 radical (unpaired) electrons. The molecule has 9 rings (SSSR count). The fourth-order valence-electron chi connectivity index (χ4n) is 8.45. The predicted molar refractivity (Wildman–Crippen MR) is 196 cm³/mol. The molecule has 2 aliphatic rings. The van der Waals surface area contributed by atoms with Crippen LogP contribution in [0.3, 0.4) is 0 Å². The molecule has 0 bridgehead atoms. The van der Waals surface area contributed by atoms with E-state index in [0.717, 1.165) is 17.1 Å². The van der Waals surface area contributed by atoms with Crippen molar-refractivity contribution in [3.63, 3.8) is 0 Å². The Kier molecular flexibility index (Phi) is 6.14. The van der Waals surface area contributed by atoms with Gasteiger partial charge in [0.15, 0.2) is 0 Å². The first kappa shape index (κ1) is 27.6. The third-order valence-electron chi connectivity index (χ3n) is 10.5. The number of hydrogen-bond acceptors (Lipinski definition) is 1. The van der Waals surface area contributed by atoms with Crippen molar-refractivity contribution >= 4 is 17.1 Å². The van der Waals surface area contributed by atoms with E-state index in [1.54, 1.807) is 0 Å². The molecule has 0 saturated carbocycles. The van der Waals surface area contributed by atoms with Crippen LogP contribution in [0.1, 0.15) is 47.2 Å². The molecule has 2 aliphatic carbocycles. The lowest BCUT2D eigenvalue weighted by Gasteiger charge is -2.46. The van der Waals surface area contributed by atoms with Gasteiger partial charge in [0.05, 0.1) is 5.41 Å². The molecule has 7 aromatic carbocycles. The Labute approximate surface area is 277 Å². The van der Waals surface area contributed by atoms with Gasteiger partial charge >= 0.3 is 0 Å². The molecule has 0 unspecified atom stereocenters. The molecule has 0 fully saturated rings. The molecule has 0 heterocycles. The normalized spacial score (nSPS) is 14.5. The quantitative estimate of drug-likeness (QED) is 0.194. The molecule has 0 aliphatic heterocycles. The van der Waals surface area contributed by atoms with Crippen LogP contribution in [0.25, 0.3) is 22.3 Å². The van der Waals surface area contributed by atoms with E-state index in [1.165, 1.54) is 55.6 Å². The number of hydrogen-bond donors (Lipinski definition) is 0. The predicted octanol–water partition coefficient (Wildman–Crippen LogP) is 11.8. The van der Waals surface area contributed by atoms with Crippen LogP contribution in [0.15, 0.2) is 176 Å². The van der Waals surface area contributed by atoms with Crippen LogP contribution in [0.5, 0.6) is 0 Å². The number of fused-ring (bicyclic) bond motifs is 9. The van der Waals surface area contributed by atoms with Gasteiger partial charge in [-0.25, -0.2) is 0 Å². The minimum Gasteiger partial charge on any atom is -0.310 e. The second kappa shape index (κ2) is 10.4. The lowest BCUT2D eigenvalue weighted by molar-refractivity contribution is 0.563. The Bertz CT molecular complexity index is 2210. The van der Waals surface area contributed by atoms with E-state index in [1.807, 2.05) is 0 Å². The highest BCUT2D eigenvalue weighted by molar-refractivity contribution is 5.91. The zero-order chi connectivity index (χ0) is 31.6. The maximum atomic E-state index is 2.42. The summed E-state index contributed by atoms with van der Waals surface area (Å²) in [5.74, 6) is 0. The van der Waals surface area contributed by atoms with Gasteiger partial charge in [-0.2, -0.15) is 0 Å². The minimum atomic E-state index is -0.387. The Morgan fingerprint density at radius 1 is 0.340 bits per heavy atom. The number of benzene rings is 7. The summed E-state index contributed by atoms with van der Waals surface area (Å²) >= 11 is 0. The average molecular weight is 602 g/mol. The van der Waals surface area contributed by atoms with Crippen LogP contribution in [0.2, 0.25) is 0 Å². The molecule has 47 heavy (non-hydrogen) atoms. The highest BCUT2D eigenvalue weighted by Gasteiger charge is 2.53. The topological polar surface area (TPSA) is 3.24 Å². The van der Waals surface area contributed by atoms with Gasteiger partial charge in [0.25, 0.3) is 0 Å². The first-order valence-corrected chi connectivity index (χ1v) is 16.5. The van der Waals surface area contributed by atoms with Gasteiger partial charge in [0.2, 0.25) is 0 Å². The summed E-state index contributed by atoms with van der Waals surface area (Å²) in [4.78, 5) is 2.38. The lowest BCUT2D eigenvalue weighted by atomic mass is 9.55. The summed E-state index contributed by atoms with van der Waals surface area (Å²) in [7, 11) is 0. The zero-order valence-electron chi connectivity index (χ0n) is 26.7. The molecular formula is C46H35N. The van der Waals surface area contributed by atoms with Crippen LogP contribution in [0.4, 0.5) is 17.1 Å². The molecule has 0 atom stereocenters. The standard InChI is InChI=1S/C46H35N/c1-45(2)41-21-11-13-23-43(41)46(44-24-14-12-22-42(44)45)39-20-10-9-19-37(39)38-31-36(29-30-40(38)46)47(34-17-7-4-8-18-34)35-27-25-33(26-28-35)32-15-5-3-6-16-32/h3-31H,1-2H3. The van der Waals surface area contributed by atoms with E-state index in [-0.39, 0.29) is 10.8 Å². The maximum Gasteiger partial charge on any atom is 0.0719 e. The lowest BCUT2D eigenvalue weighted by Crippen LogP contribution is -2.40. The van der Waals surface area contributed by atoms with Crippen molar-refractivity contribution in [2.75, 3.05) is 4.90 Å². The molecule has 1 heteroatoms. The van der Waals surface area contributed by atoms with Crippen molar-refractivity contribution in [2.24, 2.45) is 0 Å². The summed E-state index contributed by atoms with van der Waals surface area (Å²) in [6, 6.07) is 64.8. The Balaban J connectivity index is 1.28. The molecule has 1 nitrogen and oxygen atoms in total. The van der Waals surface area contributed by atoms with Gasteiger partial charge in [0.1, 0.15) is 0 Å². The SMILES string of the molecule is CC1(C)c2ccccc2C2(c3ccccc3-c3cc(N(c4ccccc4)c4ccc(-c5ccccc5)cc4)ccc32)c2ccccc21. The van der Waals surface area contributed by atoms with Gasteiger partial charge in [-0.3, -0.25) is 0 Å². The van der Waals surface area contributed by atoms with Crippen molar-refractivity contribution in [3.05, 3.63) is 209 Å². The Hall–Kier alpha value is -5.66. The highest BCUT2D eigenvalue weighted by atomic mass is 15.1. The van der Waals surface area contributed by atoms with E-state index in [2.05, 4.69) is 195 Å². The summed E-state index contributed by atoms with van der Waals surface area (Å²) in [5.41, 5.74) is 16.2. The van der Waals surface area contributed by atoms with E-state index in [4.69, 9.17) is 0 Å². The van der Waals surface area contributed by atoms with E-state index < -0.39 is 0 Å². The van der Waals surface area contributed by atoms with E-state index >= 15 is 0 Å². The molecule has 0 saturated heterocycles. The molecule has 0 aromatic heterocycles. The van der Waals surface area contributed by atoms with Gasteiger partial charge in [-0.1, -0.05) is 153 Å². The molecule has 224 valence electrons. The highest BCUT2D eigenvalue weighted by Crippen LogP contribution is 2.62. The van der Waals surface area contributed by atoms with Gasteiger partial charge < -0.3 is 4.90 Å². The van der Waals surface area contributed by atoms with Crippen molar-refractivity contribution in [2.45, 2.75) is 24.7 Å². The Morgan fingerprint density at radius 2 is 0.787 bits per heavy atom. The van der Waals surface area contributed by atoms with Gasteiger partial charge in [0, 0.05) is 22.5 Å². The number of para-hydroxylation sites is 1. The summed E-state index contributed by atoms with van der Waals surface area (Å²) < 4.78 is 0. The van der Waals surface area contributed by atoms with Crippen molar-refractivity contribution in [3.8, 4) is 22.3 Å². The number of anilines is 3. The molecule has 0 amide bonds.